The average molecular weight is 614 g/mol. The van der Waals surface area contributed by atoms with Crippen LogP contribution in [-0.2, 0) is 21.4 Å². The maximum absolute atomic E-state index is 13.4. The molecule has 0 saturated carbocycles. The number of thiocarbonyl (C=S) groups is 1. The quantitative estimate of drug-likeness (QED) is 0.148. The summed E-state index contributed by atoms with van der Waals surface area (Å²) in [6, 6.07) is 21.1. The van der Waals surface area contributed by atoms with Gasteiger partial charge in [0, 0.05) is 40.5 Å². The highest BCUT2D eigenvalue weighted by Gasteiger charge is 2.26. The second-order valence-electron chi connectivity index (χ2n) is 12.6. The molecule has 0 saturated heterocycles. The molecule has 1 heterocycles. The number of aromatic amines is 1. The van der Waals surface area contributed by atoms with Crippen molar-refractivity contribution in [1.82, 2.24) is 15.6 Å². The third-order valence-corrected chi connectivity index (χ3v) is 6.96. The van der Waals surface area contributed by atoms with E-state index in [-0.39, 0.29) is 22.9 Å². The largest absolute Gasteiger partial charge is 0.444 e. The minimum Gasteiger partial charge on any atom is -0.444 e. The van der Waals surface area contributed by atoms with E-state index in [1.165, 1.54) is 0 Å². The number of aromatic nitrogens is 1. The van der Waals surface area contributed by atoms with Gasteiger partial charge in [-0.3, -0.25) is 14.9 Å². The Morgan fingerprint density at radius 3 is 2.07 bits per heavy atom. The van der Waals surface area contributed by atoms with Crippen molar-refractivity contribution < 1.29 is 19.1 Å². The lowest BCUT2D eigenvalue weighted by Crippen LogP contribution is -2.47. The van der Waals surface area contributed by atoms with Crippen molar-refractivity contribution in [3.8, 4) is 0 Å². The summed E-state index contributed by atoms with van der Waals surface area (Å²) in [5, 5.41) is 12.4. The summed E-state index contributed by atoms with van der Waals surface area (Å²) in [4.78, 5) is 41.9. The molecule has 4 rings (SSSR count). The third kappa shape index (κ3) is 8.90. The maximum Gasteiger partial charge on any atom is 0.408 e. The number of benzene rings is 3. The molecule has 0 radical (unpaired) electrons. The van der Waals surface area contributed by atoms with Gasteiger partial charge in [-0.1, -0.05) is 51.1 Å². The summed E-state index contributed by atoms with van der Waals surface area (Å²) in [7, 11) is 0. The zero-order chi connectivity index (χ0) is 32.1. The number of anilines is 2. The van der Waals surface area contributed by atoms with Crippen LogP contribution in [0.25, 0.3) is 10.9 Å². The lowest BCUT2D eigenvalue weighted by molar-refractivity contribution is -0.118. The topological polar surface area (TPSA) is 124 Å². The van der Waals surface area contributed by atoms with Gasteiger partial charge in [-0.05, 0) is 92.0 Å². The van der Waals surface area contributed by atoms with Gasteiger partial charge in [-0.25, -0.2) is 4.79 Å². The van der Waals surface area contributed by atoms with Crippen molar-refractivity contribution in [3.05, 3.63) is 95.7 Å². The molecule has 0 unspecified atom stereocenters. The molecule has 3 amide bonds. The van der Waals surface area contributed by atoms with Gasteiger partial charge in [0.15, 0.2) is 5.11 Å². The van der Waals surface area contributed by atoms with Crippen LogP contribution in [-0.4, -0.2) is 39.6 Å². The van der Waals surface area contributed by atoms with Crippen molar-refractivity contribution in [2.24, 2.45) is 0 Å². The number of para-hydroxylation sites is 1. The van der Waals surface area contributed by atoms with Crippen molar-refractivity contribution in [2.75, 3.05) is 10.6 Å². The number of H-pyrrole nitrogens is 1. The summed E-state index contributed by atoms with van der Waals surface area (Å²) in [6.45, 7) is 11.6. The van der Waals surface area contributed by atoms with Gasteiger partial charge in [-0.2, -0.15) is 0 Å². The van der Waals surface area contributed by atoms with E-state index in [0.717, 1.165) is 22.0 Å². The summed E-state index contributed by atoms with van der Waals surface area (Å²) in [6.07, 6.45) is 1.41. The first kappa shape index (κ1) is 32.2. The Kier molecular flexibility index (Phi) is 9.74. The van der Waals surface area contributed by atoms with Crippen LogP contribution >= 0.6 is 12.2 Å². The van der Waals surface area contributed by atoms with Gasteiger partial charge in [-0.15, -0.1) is 0 Å². The van der Waals surface area contributed by atoms with Crippen LogP contribution < -0.4 is 21.3 Å². The molecule has 0 aliphatic rings. The molecule has 1 atom stereocenters. The van der Waals surface area contributed by atoms with Crippen LogP contribution in [0.4, 0.5) is 16.2 Å². The van der Waals surface area contributed by atoms with Gasteiger partial charge in [0.05, 0.1) is 0 Å². The lowest BCUT2D eigenvalue weighted by Gasteiger charge is -2.23. The third-order valence-electron chi connectivity index (χ3n) is 6.76. The molecule has 0 aliphatic heterocycles. The molecule has 10 heteroatoms. The number of ether oxygens (including phenoxy) is 1. The highest BCUT2D eigenvalue weighted by molar-refractivity contribution is 7.80. The molecule has 4 aromatic rings. The number of hydrogen-bond acceptors (Lipinski definition) is 5. The first-order valence-corrected chi connectivity index (χ1v) is 14.8. The Bertz CT molecular complexity index is 1650. The van der Waals surface area contributed by atoms with Crippen LogP contribution in [0.5, 0.6) is 0 Å². The predicted octanol–water partition coefficient (Wildman–Crippen LogP) is 6.67. The van der Waals surface area contributed by atoms with Crippen molar-refractivity contribution in [1.29, 1.82) is 0 Å². The first-order chi connectivity index (χ1) is 20.7. The van der Waals surface area contributed by atoms with Gasteiger partial charge in [0.25, 0.3) is 5.91 Å². The Hall–Kier alpha value is -4.70. The molecule has 0 spiro atoms. The molecule has 0 fully saturated rings. The fourth-order valence-corrected chi connectivity index (χ4v) is 4.72. The van der Waals surface area contributed by atoms with Crippen LogP contribution in [0.15, 0.2) is 79.0 Å². The highest BCUT2D eigenvalue weighted by Crippen LogP contribution is 2.23. The van der Waals surface area contributed by atoms with Crippen molar-refractivity contribution >= 4 is 57.5 Å². The SMILES string of the molecule is CC(C)(C)OC(=O)N[C@@H](Cc1c[nH]c2ccccc12)C(=O)Nc1ccc(NC(=S)NC(=O)c2ccc(C(C)(C)C)cc2)cc1. The molecule has 230 valence electrons. The van der Waals surface area contributed by atoms with E-state index in [4.69, 9.17) is 17.0 Å². The van der Waals surface area contributed by atoms with Crippen LogP contribution in [0.3, 0.4) is 0 Å². The van der Waals surface area contributed by atoms with E-state index in [1.54, 1.807) is 57.2 Å². The fraction of sp³-hybridized carbons (Fsp3) is 0.294. The zero-order valence-electron chi connectivity index (χ0n) is 25.8. The Balaban J connectivity index is 1.38. The van der Waals surface area contributed by atoms with Gasteiger partial charge in [0.2, 0.25) is 5.91 Å². The fourth-order valence-electron chi connectivity index (χ4n) is 4.51. The Morgan fingerprint density at radius 2 is 1.45 bits per heavy atom. The normalized spacial score (nSPS) is 12.2. The van der Waals surface area contributed by atoms with Gasteiger partial charge in [0.1, 0.15) is 11.6 Å². The van der Waals surface area contributed by atoms with Crippen LogP contribution in [0.1, 0.15) is 63.0 Å². The second-order valence-corrected chi connectivity index (χ2v) is 13.0. The summed E-state index contributed by atoms with van der Waals surface area (Å²) in [5.41, 5.74) is 3.87. The number of hydrogen-bond donors (Lipinski definition) is 5. The predicted molar refractivity (Wildman–Crippen MR) is 179 cm³/mol. The number of rotatable bonds is 7. The standard InChI is InChI=1S/C34H39N5O4S/c1-33(2,3)23-13-11-21(12-14-23)29(40)39-31(44)37-25-17-15-24(16-18-25)36-30(41)28(38-32(42)43-34(4,5)6)19-22-20-35-27-10-8-7-9-26(22)27/h7-18,20,28,35H,19H2,1-6H3,(H,36,41)(H,38,42)(H2,37,39,40,44)/t28-/m0/s1. The number of carbonyl (C=O) groups is 3. The van der Waals surface area contributed by atoms with E-state index in [1.807, 2.05) is 42.6 Å². The van der Waals surface area contributed by atoms with Crippen molar-refractivity contribution in [2.45, 2.75) is 65.0 Å². The molecular weight excluding hydrogens is 574 g/mol. The minimum atomic E-state index is -0.901. The molecule has 9 nitrogen and oxygen atoms in total. The van der Waals surface area contributed by atoms with Gasteiger partial charge < -0.3 is 25.7 Å². The van der Waals surface area contributed by atoms with Crippen molar-refractivity contribution in [3.63, 3.8) is 0 Å². The summed E-state index contributed by atoms with van der Waals surface area (Å²) in [5.74, 6) is -0.715. The van der Waals surface area contributed by atoms with E-state index >= 15 is 0 Å². The molecule has 0 aliphatic carbocycles. The Morgan fingerprint density at radius 1 is 0.841 bits per heavy atom. The zero-order valence-corrected chi connectivity index (χ0v) is 26.6. The van der Waals surface area contributed by atoms with E-state index in [9.17, 15) is 14.4 Å². The molecule has 0 bridgehead atoms. The molecule has 5 N–H and O–H groups in total. The molecule has 1 aromatic heterocycles. The maximum atomic E-state index is 13.4. The van der Waals surface area contributed by atoms with E-state index < -0.39 is 23.6 Å². The average Bonchev–Trinajstić information content (AvgIpc) is 3.35. The molecule has 3 aromatic carbocycles. The number of alkyl carbamates (subject to hydrolysis) is 1. The number of carbonyl (C=O) groups excluding carboxylic acids is 3. The monoisotopic (exact) mass is 613 g/mol. The van der Waals surface area contributed by atoms with Crippen LogP contribution in [0, 0.1) is 0 Å². The number of nitrogens with one attached hydrogen (secondary N) is 5. The molecular formula is C34H39N5O4S. The lowest BCUT2D eigenvalue weighted by atomic mass is 9.87. The van der Waals surface area contributed by atoms with E-state index in [0.29, 0.717) is 16.9 Å². The smallest absolute Gasteiger partial charge is 0.408 e. The highest BCUT2D eigenvalue weighted by atomic mass is 32.1. The molecule has 44 heavy (non-hydrogen) atoms. The number of fused-ring (bicyclic) bond motifs is 1. The first-order valence-electron chi connectivity index (χ1n) is 14.4. The Labute approximate surface area is 263 Å². The second kappa shape index (κ2) is 13.3. The summed E-state index contributed by atoms with van der Waals surface area (Å²) >= 11 is 5.33. The van der Waals surface area contributed by atoms with Gasteiger partial charge >= 0.3 is 6.09 Å². The minimum absolute atomic E-state index is 0.00967. The van der Waals surface area contributed by atoms with E-state index in [2.05, 4.69) is 47.0 Å². The number of amides is 3. The van der Waals surface area contributed by atoms with Crippen LogP contribution in [0.2, 0.25) is 0 Å². The summed E-state index contributed by atoms with van der Waals surface area (Å²) < 4.78 is 5.41.